The van der Waals surface area contributed by atoms with E-state index in [1.165, 1.54) is 17.6 Å². The van der Waals surface area contributed by atoms with Crippen molar-refractivity contribution >= 4 is 11.3 Å². The third-order valence-corrected chi connectivity index (χ3v) is 1.89. The van der Waals surface area contributed by atoms with Gasteiger partial charge in [0.1, 0.15) is 6.26 Å². The number of aromatic nitrogens is 2. The van der Waals surface area contributed by atoms with Crippen LogP contribution in [0.4, 0.5) is 0 Å². The lowest BCUT2D eigenvalue weighted by atomic mass is 10.7. The molecule has 0 aliphatic rings. The fourth-order valence-corrected chi connectivity index (χ4v) is 1.22. The van der Waals surface area contributed by atoms with Crippen LogP contribution in [-0.4, -0.2) is 9.97 Å². The van der Waals surface area contributed by atoms with Gasteiger partial charge in [-0.25, -0.2) is 9.97 Å². The number of nitrogens with zero attached hydrogens (tertiary/aromatic N) is 2. The number of rotatable bonds is 3. The fourth-order valence-electron chi connectivity index (χ4n) is 0.729. The van der Waals surface area contributed by atoms with E-state index in [2.05, 4.69) is 9.97 Å². The Morgan fingerprint density at radius 2 is 2.42 bits per heavy atom. The Bertz CT molecular complexity index is 283. The van der Waals surface area contributed by atoms with Gasteiger partial charge in [0, 0.05) is 11.6 Å². The Labute approximate surface area is 72.8 Å². The van der Waals surface area contributed by atoms with Gasteiger partial charge in [-0.2, -0.15) is 0 Å². The Morgan fingerprint density at radius 1 is 1.42 bits per heavy atom. The van der Waals surface area contributed by atoms with E-state index in [-0.39, 0.29) is 0 Å². The molecule has 0 aliphatic heterocycles. The smallest absolute Gasteiger partial charge is 0.273 e. The zero-order valence-electron chi connectivity index (χ0n) is 6.14. The Hall–Kier alpha value is -1.36. The highest BCUT2D eigenvalue weighted by Crippen LogP contribution is 2.14. The summed E-state index contributed by atoms with van der Waals surface area (Å²) in [6.07, 6.45) is 4.79. The first-order valence-corrected chi connectivity index (χ1v) is 4.24. The molecule has 0 spiro atoms. The number of hydrogen-bond donors (Lipinski definition) is 0. The maximum Gasteiger partial charge on any atom is 0.273 e. The lowest BCUT2D eigenvalue weighted by Crippen LogP contribution is -1.94. The van der Waals surface area contributed by atoms with Gasteiger partial charge in [-0.3, -0.25) is 0 Å². The summed E-state index contributed by atoms with van der Waals surface area (Å²) >= 11 is 1.44. The van der Waals surface area contributed by atoms with Gasteiger partial charge in [0.05, 0.1) is 6.20 Å². The molecular formula is C7H6N2O2S. The fraction of sp³-hybridized carbons (Fsp3) is 0.143. The van der Waals surface area contributed by atoms with Gasteiger partial charge in [0.15, 0.2) is 6.61 Å². The summed E-state index contributed by atoms with van der Waals surface area (Å²) in [4.78, 5) is 7.84. The van der Waals surface area contributed by atoms with Crippen molar-refractivity contribution in [3.05, 3.63) is 29.9 Å². The molecule has 0 saturated heterocycles. The molecule has 0 unspecified atom stereocenters. The van der Waals surface area contributed by atoms with Gasteiger partial charge in [-0.1, -0.05) is 11.3 Å². The first-order chi connectivity index (χ1) is 5.95. The molecule has 2 rings (SSSR count). The number of oxazole rings is 1. The van der Waals surface area contributed by atoms with Crippen LogP contribution >= 0.6 is 11.3 Å². The van der Waals surface area contributed by atoms with Crippen LogP contribution in [0.3, 0.4) is 0 Å². The predicted octanol–water partition coefficient (Wildman–Crippen LogP) is 1.71. The van der Waals surface area contributed by atoms with Crippen LogP contribution in [0.1, 0.15) is 5.89 Å². The molecule has 5 heteroatoms. The third kappa shape index (κ3) is 1.62. The summed E-state index contributed by atoms with van der Waals surface area (Å²) in [6, 6.07) is 0. The van der Waals surface area contributed by atoms with Crippen LogP contribution in [0, 0.1) is 0 Å². The molecule has 0 saturated carbocycles. The van der Waals surface area contributed by atoms with Crippen molar-refractivity contribution in [3.63, 3.8) is 0 Å². The normalized spacial score (nSPS) is 10.0. The van der Waals surface area contributed by atoms with E-state index in [4.69, 9.17) is 9.15 Å². The van der Waals surface area contributed by atoms with Crippen molar-refractivity contribution in [2.45, 2.75) is 6.61 Å². The second kappa shape index (κ2) is 3.36. The molecule has 4 nitrogen and oxygen atoms in total. The van der Waals surface area contributed by atoms with Crippen molar-refractivity contribution in [3.8, 4) is 5.19 Å². The molecule has 0 atom stereocenters. The van der Waals surface area contributed by atoms with Gasteiger partial charge in [0.25, 0.3) is 5.19 Å². The Kier molecular flexibility index (Phi) is 2.04. The van der Waals surface area contributed by atoms with E-state index < -0.39 is 0 Å². The van der Waals surface area contributed by atoms with Gasteiger partial charge in [-0.05, 0) is 0 Å². The minimum Gasteiger partial charge on any atom is -0.460 e. The van der Waals surface area contributed by atoms with Gasteiger partial charge < -0.3 is 9.15 Å². The number of thiazole rings is 1. The van der Waals surface area contributed by atoms with E-state index in [1.54, 1.807) is 12.4 Å². The topological polar surface area (TPSA) is 48.2 Å². The maximum absolute atomic E-state index is 5.24. The summed E-state index contributed by atoms with van der Waals surface area (Å²) in [5.74, 6) is 0.560. The first kappa shape index (κ1) is 7.30. The molecular weight excluding hydrogens is 176 g/mol. The van der Waals surface area contributed by atoms with Gasteiger partial charge >= 0.3 is 0 Å². The quantitative estimate of drug-likeness (QED) is 0.725. The van der Waals surface area contributed by atoms with Crippen LogP contribution in [0.15, 0.2) is 28.5 Å². The second-order valence-electron chi connectivity index (χ2n) is 2.01. The van der Waals surface area contributed by atoms with E-state index in [0.717, 1.165) is 0 Å². The molecule has 0 aliphatic carbocycles. The van der Waals surface area contributed by atoms with Crippen molar-refractivity contribution in [2.24, 2.45) is 0 Å². The molecule has 0 radical (unpaired) electrons. The van der Waals surface area contributed by atoms with Gasteiger partial charge in [0.2, 0.25) is 5.89 Å². The summed E-state index contributed by atoms with van der Waals surface area (Å²) in [6.45, 7) is 0.334. The summed E-state index contributed by atoms with van der Waals surface area (Å²) < 4.78 is 10.2. The highest BCUT2D eigenvalue weighted by Gasteiger charge is 1.99. The molecule has 2 aromatic rings. The highest BCUT2D eigenvalue weighted by atomic mass is 32.1. The molecule has 0 amide bonds. The first-order valence-electron chi connectivity index (χ1n) is 3.36. The average molecular weight is 182 g/mol. The minimum absolute atomic E-state index is 0.334. The van der Waals surface area contributed by atoms with Crippen LogP contribution in [-0.2, 0) is 6.61 Å². The predicted molar refractivity (Wildman–Crippen MR) is 42.9 cm³/mol. The van der Waals surface area contributed by atoms with Gasteiger partial charge in [-0.15, -0.1) is 0 Å². The Balaban J connectivity index is 1.91. The standard InChI is InChI=1S/C7H6N2O2S/c1-3-10-6(8-1)5-11-7-9-2-4-12-7/h1-4H,5H2. The highest BCUT2D eigenvalue weighted by molar-refractivity contribution is 7.11. The third-order valence-electron chi connectivity index (χ3n) is 1.21. The molecule has 2 aromatic heterocycles. The Morgan fingerprint density at radius 3 is 3.08 bits per heavy atom. The van der Waals surface area contributed by atoms with Crippen LogP contribution < -0.4 is 4.74 Å². The minimum atomic E-state index is 0.334. The average Bonchev–Trinajstić information content (AvgIpc) is 2.74. The largest absolute Gasteiger partial charge is 0.460 e. The monoisotopic (exact) mass is 182 g/mol. The molecule has 12 heavy (non-hydrogen) atoms. The summed E-state index contributed by atoms with van der Waals surface area (Å²) in [5, 5.41) is 2.48. The van der Waals surface area contributed by atoms with Crippen LogP contribution in [0.2, 0.25) is 0 Å². The zero-order chi connectivity index (χ0) is 8.23. The number of hydrogen-bond acceptors (Lipinski definition) is 5. The second-order valence-corrected chi connectivity index (χ2v) is 2.87. The molecule has 0 bridgehead atoms. The molecule has 0 fully saturated rings. The maximum atomic E-state index is 5.24. The van der Waals surface area contributed by atoms with Crippen LogP contribution in [0.5, 0.6) is 5.19 Å². The lowest BCUT2D eigenvalue weighted by Gasteiger charge is -1.95. The molecule has 62 valence electrons. The SMILES string of the molecule is c1coc(COc2nccs2)n1. The summed E-state index contributed by atoms with van der Waals surface area (Å²) in [7, 11) is 0. The zero-order valence-corrected chi connectivity index (χ0v) is 6.95. The lowest BCUT2D eigenvalue weighted by molar-refractivity contribution is 0.262. The summed E-state index contributed by atoms with van der Waals surface area (Å²) in [5.41, 5.74) is 0. The molecule has 0 N–H and O–H groups in total. The number of ether oxygens (including phenoxy) is 1. The molecule has 2 heterocycles. The van der Waals surface area contributed by atoms with Crippen molar-refractivity contribution in [1.82, 2.24) is 9.97 Å². The van der Waals surface area contributed by atoms with Crippen molar-refractivity contribution in [1.29, 1.82) is 0 Å². The van der Waals surface area contributed by atoms with Crippen molar-refractivity contribution in [2.75, 3.05) is 0 Å². The van der Waals surface area contributed by atoms with Crippen molar-refractivity contribution < 1.29 is 9.15 Å². The van der Waals surface area contributed by atoms with E-state index in [0.29, 0.717) is 17.7 Å². The van der Waals surface area contributed by atoms with E-state index >= 15 is 0 Å². The van der Waals surface area contributed by atoms with E-state index in [1.807, 2.05) is 5.38 Å². The van der Waals surface area contributed by atoms with E-state index in [9.17, 15) is 0 Å². The van der Waals surface area contributed by atoms with Crippen LogP contribution in [0.25, 0.3) is 0 Å². The molecule has 0 aromatic carbocycles.